The molecule has 1 fully saturated rings. The van der Waals surface area contributed by atoms with Crippen LogP contribution in [-0.2, 0) is 14.4 Å². The number of para-hydroxylation sites is 1. The van der Waals surface area contributed by atoms with E-state index in [-0.39, 0.29) is 18.9 Å². The van der Waals surface area contributed by atoms with E-state index in [1.165, 1.54) is 0 Å². The van der Waals surface area contributed by atoms with Gasteiger partial charge in [-0.25, -0.2) is 4.39 Å². The Balaban J connectivity index is 1.75. The molecule has 1 heterocycles. The Hall–Kier alpha value is -3.43. The number of hydrogen-bond acceptors (Lipinski definition) is 4. The summed E-state index contributed by atoms with van der Waals surface area (Å²) in [4.78, 5) is 52.0. The third-order valence-corrected chi connectivity index (χ3v) is 5.93. The second kappa shape index (κ2) is 11.4. The summed E-state index contributed by atoms with van der Waals surface area (Å²) in [5.74, 6) is -2.54. The summed E-state index contributed by atoms with van der Waals surface area (Å²) >= 11 is 0. The van der Waals surface area contributed by atoms with Gasteiger partial charge in [0.15, 0.2) is 6.67 Å². The molecule has 3 rings (SSSR count). The number of rotatable bonds is 9. The zero-order valence-electron chi connectivity index (χ0n) is 18.4. The van der Waals surface area contributed by atoms with Gasteiger partial charge < -0.3 is 16.0 Å². The molecule has 1 aromatic heterocycles. The monoisotopic (exact) mass is 459 g/mol. The number of nitrogens with zero attached hydrogens (tertiary/aromatic N) is 1. The normalized spacial score (nSPS) is 15.1. The average molecular weight is 460 g/mol. The summed E-state index contributed by atoms with van der Waals surface area (Å²) in [6.07, 6.45) is 5.30. The van der Waals surface area contributed by atoms with Gasteiger partial charge in [-0.15, -0.1) is 0 Å². The third kappa shape index (κ3) is 6.77. The van der Waals surface area contributed by atoms with Gasteiger partial charge in [0.1, 0.15) is 11.7 Å². The zero-order chi connectivity index (χ0) is 23.8. The number of H-pyrrole nitrogens is 1. The van der Waals surface area contributed by atoms with Crippen molar-refractivity contribution in [3.8, 4) is 0 Å². The SMILES string of the molecule is NC(=O)CCN(NC(=O)[C@@H](CC1CCCCC1)NC(=O)c1cc2ccccc2[nH]1)C(=O)CF. The lowest BCUT2D eigenvalue weighted by Crippen LogP contribution is -2.55. The number of nitrogens with two attached hydrogens (primary N) is 1. The van der Waals surface area contributed by atoms with E-state index >= 15 is 0 Å². The number of hydrogen-bond donors (Lipinski definition) is 4. The smallest absolute Gasteiger partial charge is 0.272 e. The zero-order valence-corrected chi connectivity index (χ0v) is 18.4. The maximum absolute atomic E-state index is 13.1. The van der Waals surface area contributed by atoms with E-state index in [1.807, 2.05) is 24.3 Å². The molecule has 1 aliphatic rings. The molecule has 5 N–H and O–H groups in total. The molecular weight excluding hydrogens is 429 g/mol. The van der Waals surface area contributed by atoms with E-state index < -0.39 is 36.3 Å². The highest BCUT2D eigenvalue weighted by Gasteiger charge is 2.29. The number of hydrazine groups is 1. The minimum atomic E-state index is -1.34. The number of amides is 4. The fourth-order valence-electron chi connectivity index (χ4n) is 4.17. The highest BCUT2D eigenvalue weighted by Crippen LogP contribution is 2.27. The van der Waals surface area contributed by atoms with E-state index in [4.69, 9.17) is 5.73 Å². The number of alkyl halides is 1. The van der Waals surface area contributed by atoms with Crippen LogP contribution >= 0.6 is 0 Å². The van der Waals surface area contributed by atoms with Gasteiger partial charge in [0.25, 0.3) is 17.7 Å². The van der Waals surface area contributed by atoms with Gasteiger partial charge in [0, 0.05) is 17.3 Å². The van der Waals surface area contributed by atoms with Crippen molar-refractivity contribution in [2.24, 2.45) is 11.7 Å². The van der Waals surface area contributed by atoms with E-state index in [0.29, 0.717) is 12.1 Å². The maximum Gasteiger partial charge on any atom is 0.272 e. The fourth-order valence-corrected chi connectivity index (χ4v) is 4.17. The van der Waals surface area contributed by atoms with Crippen LogP contribution in [0.1, 0.15) is 55.4 Å². The van der Waals surface area contributed by atoms with Gasteiger partial charge in [-0.1, -0.05) is 50.3 Å². The van der Waals surface area contributed by atoms with E-state index in [1.54, 1.807) is 6.07 Å². The predicted octanol–water partition coefficient (Wildman–Crippen LogP) is 1.94. The number of fused-ring (bicyclic) bond motifs is 1. The summed E-state index contributed by atoms with van der Waals surface area (Å²) in [6, 6.07) is 8.19. The average Bonchev–Trinajstić information content (AvgIpc) is 3.25. The predicted molar refractivity (Wildman–Crippen MR) is 120 cm³/mol. The lowest BCUT2D eigenvalue weighted by Gasteiger charge is -2.29. The minimum absolute atomic E-state index is 0.235. The molecular formula is C23H30FN5O4. The van der Waals surface area contributed by atoms with Crippen molar-refractivity contribution in [1.82, 2.24) is 20.7 Å². The number of aromatic amines is 1. The van der Waals surface area contributed by atoms with Crippen LogP contribution < -0.4 is 16.5 Å². The van der Waals surface area contributed by atoms with Crippen LogP contribution in [0.5, 0.6) is 0 Å². The van der Waals surface area contributed by atoms with Gasteiger partial charge in [-0.2, -0.15) is 0 Å². The first-order valence-corrected chi connectivity index (χ1v) is 11.2. The molecule has 0 unspecified atom stereocenters. The third-order valence-electron chi connectivity index (χ3n) is 5.93. The standard InChI is InChI=1S/C23H30FN5O4/c24-14-21(31)29(11-10-20(25)30)28-23(33)18(12-15-6-2-1-3-7-15)27-22(32)19-13-16-8-4-5-9-17(16)26-19/h4-5,8-9,13,15,18,26H,1-3,6-7,10-12,14H2,(H2,25,30)(H,27,32)(H,28,33)/t18-/m1/s1. The number of aromatic nitrogens is 1. The fraction of sp³-hybridized carbons (Fsp3) is 0.478. The summed E-state index contributed by atoms with van der Waals surface area (Å²) in [5, 5.41) is 4.37. The lowest BCUT2D eigenvalue weighted by atomic mass is 9.84. The largest absolute Gasteiger partial charge is 0.370 e. The summed E-state index contributed by atoms with van der Waals surface area (Å²) in [6.45, 7) is -1.59. The van der Waals surface area contributed by atoms with Crippen molar-refractivity contribution in [2.45, 2.75) is 51.0 Å². The highest BCUT2D eigenvalue weighted by atomic mass is 19.1. The van der Waals surface area contributed by atoms with Crippen LogP contribution in [0.4, 0.5) is 4.39 Å². The van der Waals surface area contributed by atoms with Crippen LogP contribution in [0.2, 0.25) is 0 Å². The first-order valence-electron chi connectivity index (χ1n) is 11.2. The Kier molecular flexibility index (Phi) is 8.39. The summed E-state index contributed by atoms with van der Waals surface area (Å²) in [5.41, 5.74) is 8.59. The topological polar surface area (TPSA) is 137 Å². The molecule has 1 aliphatic carbocycles. The van der Waals surface area contributed by atoms with Crippen LogP contribution in [0.25, 0.3) is 10.9 Å². The highest BCUT2D eigenvalue weighted by molar-refractivity contribution is 6.00. The number of primary amides is 1. The van der Waals surface area contributed by atoms with Crippen molar-refractivity contribution in [1.29, 1.82) is 0 Å². The Labute approximate surface area is 191 Å². The Morgan fingerprint density at radius 1 is 1.15 bits per heavy atom. The maximum atomic E-state index is 13.1. The van der Waals surface area contributed by atoms with Crippen LogP contribution in [-0.4, -0.2) is 52.9 Å². The van der Waals surface area contributed by atoms with Gasteiger partial charge in [0.05, 0.1) is 6.54 Å². The molecule has 2 aromatic rings. The first-order chi connectivity index (χ1) is 15.9. The molecule has 9 nitrogen and oxygen atoms in total. The number of carbonyl (C=O) groups is 4. The molecule has 33 heavy (non-hydrogen) atoms. The molecule has 0 saturated heterocycles. The summed E-state index contributed by atoms with van der Waals surface area (Å²) in [7, 11) is 0. The Morgan fingerprint density at radius 3 is 2.55 bits per heavy atom. The summed E-state index contributed by atoms with van der Waals surface area (Å²) < 4.78 is 13.0. The number of benzene rings is 1. The molecule has 1 aromatic carbocycles. The molecule has 4 amide bonds. The number of halogens is 1. The number of carbonyl (C=O) groups excluding carboxylic acids is 4. The van der Waals surface area contributed by atoms with E-state index in [0.717, 1.165) is 48.0 Å². The van der Waals surface area contributed by atoms with E-state index in [9.17, 15) is 23.6 Å². The van der Waals surface area contributed by atoms with Gasteiger partial charge in [-0.05, 0) is 24.5 Å². The Morgan fingerprint density at radius 2 is 1.88 bits per heavy atom. The van der Waals surface area contributed by atoms with E-state index in [2.05, 4.69) is 15.7 Å². The Bertz CT molecular complexity index is 969. The van der Waals surface area contributed by atoms with Gasteiger partial charge in [0.2, 0.25) is 5.91 Å². The molecule has 10 heteroatoms. The number of nitrogens with one attached hydrogen (secondary N) is 3. The lowest BCUT2D eigenvalue weighted by molar-refractivity contribution is -0.143. The second-order valence-corrected chi connectivity index (χ2v) is 8.41. The molecule has 0 radical (unpaired) electrons. The molecule has 0 bridgehead atoms. The van der Waals surface area contributed by atoms with Crippen molar-refractivity contribution >= 4 is 34.5 Å². The van der Waals surface area contributed by atoms with Gasteiger partial charge in [-0.3, -0.25) is 29.6 Å². The van der Waals surface area contributed by atoms with Crippen LogP contribution in [0.3, 0.4) is 0 Å². The second-order valence-electron chi connectivity index (χ2n) is 8.41. The molecule has 0 aliphatic heterocycles. The van der Waals surface area contributed by atoms with Crippen LogP contribution in [0.15, 0.2) is 30.3 Å². The van der Waals surface area contributed by atoms with Crippen molar-refractivity contribution in [3.05, 3.63) is 36.0 Å². The van der Waals surface area contributed by atoms with Crippen LogP contribution in [0, 0.1) is 5.92 Å². The van der Waals surface area contributed by atoms with Gasteiger partial charge >= 0.3 is 0 Å². The van der Waals surface area contributed by atoms with Crippen molar-refractivity contribution in [2.75, 3.05) is 13.2 Å². The molecule has 178 valence electrons. The van der Waals surface area contributed by atoms with Crippen molar-refractivity contribution in [3.63, 3.8) is 0 Å². The minimum Gasteiger partial charge on any atom is -0.370 e. The quantitative estimate of drug-likeness (QED) is 0.426. The molecule has 0 spiro atoms. The molecule has 1 atom stereocenters. The van der Waals surface area contributed by atoms with Crippen molar-refractivity contribution < 1.29 is 23.6 Å². The first kappa shape index (κ1) is 24.2. The molecule has 1 saturated carbocycles.